The van der Waals surface area contributed by atoms with Crippen LogP contribution < -0.4 is 10.1 Å². The molecule has 1 aliphatic carbocycles. The number of hydrogen-bond donors (Lipinski definition) is 1. The van der Waals surface area contributed by atoms with E-state index in [9.17, 15) is 4.39 Å². The smallest absolute Gasteiger partial charge is 0.123 e. The molecule has 20 heavy (non-hydrogen) atoms. The zero-order chi connectivity index (χ0) is 14.5. The van der Waals surface area contributed by atoms with Crippen molar-refractivity contribution in [2.24, 2.45) is 0 Å². The third-order valence-electron chi connectivity index (χ3n) is 4.15. The lowest BCUT2D eigenvalue weighted by molar-refractivity contribution is 0.0613. The average Bonchev–Trinajstić information content (AvgIpc) is 2.48. The van der Waals surface area contributed by atoms with Crippen LogP contribution in [0.2, 0.25) is 0 Å². The Kier molecular flexibility index (Phi) is 5.38. The van der Waals surface area contributed by atoms with Crippen LogP contribution in [0.15, 0.2) is 18.2 Å². The van der Waals surface area contributed by atoms with Crippen molar-refractivity contribution in [2.45, 2.75) is 50.8 Å². The van der Waals surface area contributed by atoms with Gasteiger partial charge in [0.1, 0.15) is 11.6 Å². The molecular formula is C16H24FNO2. The maximum absolute atomic E-state index is 13.4. The van der Waals surface area contributed by atoms with Crippen molar-refractivity contribution in [3.8, 4) is 5.75 Å². The molecule has 1 aromatic carbocycles. The van der Waals surface area contributed by atoms with Gasteiger partial charge in [0.15, 0.2) is 0 Å². The van der Waals surface area contributed by atoms with Crippen LogP contribution in [0, 0.1) is 5.82 Å². The molecule has 1 saturated carbocycles. The number of rotatable bonds is 5. The number of ether oxygens (including phenoxy) is 2. The highest BCUT2D eigenvalue weighted by Crippen LogP contribution is 2.28. The summed E-state index contributed by atoms with van der Waals surface area (Å²) in [5.41, 5.74) is 0.876. The third kappa shape index (κ3) is 3.70. The van der Waals surface area contributed by atoms with E-state index in [0.717, 1.165) is 37.0 Å². The summed E-state index contributed by atoms with van der Waals surface area (Å²) in [6.45, 7) is 2.06. The molecular weight excluding hydrogens is 257 g/mol. The van der Waals surface area contributed by atoms with Crippen molar-refractivity contribution in [3.05, 3.63) is 29.6 Å². The first kappa shape index (κ1) is 15.3. The minimum atomic E-state index is -0.224. The predicted molar refractivity (Wildman–Crippen MR) is 77.6 cm³/mol. The molecule has 1 aromatic rings. The van der Waals surface area contributed by atoms with E-state index < -0.39 is 0 Å². The Morgan fingerprint density at radius 2 is 1.90 bits per heavy atom. The van der Waals surface area contributed by atoms with Gasteiger partial charge in [0.05, 0.1) is 13.2 Å². The number of methoxy groups -OCH3 is 2. The zero-order valence-electron chi connectivity index (χ0n) is 12.5. The SMILES string of the molecule is COc1ccc(F)cc1C(C)NC1CCC(OC)CC1. The Labute approximate surface area is 120 Å². The van der Waals surface area contributed by atoms with E-state index >= 15 is 0 Å². The van der Waals surface area contributed by atoms with Crippen LogP contribution in [0.25, 0.3) is 0 Å². The molecule has 112 valence electrons. The van der Waals surface area contributed by atoms with Crippen LogP contribution in [0.4, 0.5) is 4.39 Å². The van der Waals surface area contributed by atoms with E-state index in [1.54, 1.807) is 26.4 Å². The number of nitrogens with one attached hydrogen (secondary N) is 1. The van der Waals surface area contributed by atoms with Crippen LogP contribution in [-0.4, -0.2) is 26.4 Å². The molecule has 0 aromatic heterocycles. The fourth-order valence-electron chi connectivity index (χ4n) is 2.95. The summed E-state index contributed by atoms with van der Waals surface area (Å²) in [7, 11) is 3.39. The van der Waals surface area contributed by atoms with E-state index in [4.69, 9.17) is 9.47 Å². The fraction of sp³-hybridized carbons (Fsp3) is 0.625. The molecule has 2 rings (SSSR count). The van der Waals surface area contributed by atoms with Gasteiger partial charge in [-0.3, -0.25) is 0 Å². The fourth-order valence-corrected chi connectivity index (χ4v) is 2.95. The molecule has 0 bridgehead atoms. The van der Waals surface area contributed by atoms with Crippen LogP contribution >= 0.6 is 0 Å². The Balaban J connectivity index is 1.98. The molecule has 0 aliphatic heterocycles. The van der Waals surface area contributed by atoms with Gasteiger partial charge < -0.3 is 14.8 Å². The summed E-state index contributed by atoms with van der Waals surface area (Å²) in [6.07, 6.45) is 4.76. The second kappa shape index (κ2) is 7.04. The van der Waals surface area contributed by atoms with Gasteiger partial charge in [0.2, 0.25) is 0 Å². The standard InChI is InChI=1S/C16H24FNO2/c1-11(15-10-12(17)4-9-16(15)20-3)18-13-5-7-14(19-2)8-6-13/h4,9-11,13-14,18H,5-8H2,1-3H3. The van der Waals surface area contributed by atoms with E-state index in [1.165, 1.54) is 6.07 Å². The van der Waals surface area contributed by atoms with Gasteiger partial charge >= 0.3 is 0 Å². The molecule has 1 N–H and O–H groups in total. The summed E-state index contributed by atoms with van der Waals surface area (Å²) >= 11 is 0. The Morgan fingerprint density at radius 1 is 1.20 bits per heavy atom. The monoisotopic (exact) mass is 281 g/mol. The molecule has 1 atom stereocenters. The summed E-state index contributed by atoms with van der Waals surface area (Å²) in [5, 5.41) is 3.58. The van der Waals surface area contributed by atoms with Crippen molar-refractivity contribution in [2.75, 3.05) is 14.2 Å². The molecule has 0 heterocycles. The number of benzene rings is 1. The van der Waals surface area contributed by atoms with E-state index in [2.05, 4.69) is 12.2 Å². The number of hydrogen-bond acceptors (Lipinski definition) is 3. The minimum absolute atomic E-state index is 0.0738. The zero-order valence-corrected chi connectivity index (χ0v) is 12.5. The third-order valence-corrected chi connectivity index (χ3v) is 4.15. The Bertz CT molecular complexity index is 430. The van der Waals surface area contributed by atoms with E-state index in [0.29, 0.717) is 12.1 Å². The predicted octanol–water partition coefficient (Wildman–Crippen LogP) is 3.44. The normalized spacial score (nSPS) is 24.4. The molecule has 1 aliphatic rings. The quantitative estimate of drug-likeness (QED) is 0.896. The lowest BCUT2D eigenvalue weighted by atomic mass is 9.92. The van der Waals surface area contributed by atoms with Crippen LogP contribution in [0.1, 0.15) is 44.2 Å². The second-order valence-corrected chi connectivity index (χ2v) is 5.48. The molecule has 0 saturated heterocycles. The molecule has 4 heteroatoms. The maximum atomic E-state index is 13.4. The molecule has 0 radical (unpaired) electrons. The van der Waals surface area contributed by atoms with Gasteiger partial charge in [-0.15, -0.1) is 0 Å². The van der Waals surface area contributed by atoms with Gasteiger partial charge in [0, 0.05) is 24.8 Å². The van der Waals surface area contributed by atoms with Gasteiger partial charge in [-0.25, -0.2) is 4.39 Å². The summed E-state index contributed by atoms with van der Waals surface area (Å²) < 4.78 is 24.1. The molecule has 3 nitrogen and oxygen atoms in total. The number of halogens is 1. The average molecular weight is 281 g/mol. The highest BCUT2D eigenvalue weighted by atomic mass is 19.1. The largest absolute Gasteiger partial charge is 0.496 e. The van der Waals surface area contributed by atoms with Crippen molar-refractivity contribution in [3.63, 3.8) is 0 Å². The van der Waals surface area contributed by atoms with Crippen molar-refractivity contribution < 1.29 is 13.9 Å². The summed E-state index contributed by atoms with van der Waals surface area (Å²) in [6, 6.07) is 5.20. The maximum Gasteiger partial charge on any atom is 0.123 e. The summed E-state index contributed by atoms with van der Waals surface area (Å²) in [4.78, 5) is 0. The van der Waals surface area contributed by atoms with Crippen LogP contribution in [0.3, 0.4) is 0 Å². The van der Waals surface area contributed by atoms with E-state index in [-0.39, 0.29) is 11.9 Å². The first-order valence-corrected chi connectivity index (χ1v) is 7.26. The van der Waals surface area contributed by atoms with Crippen LogP contribution in [0.5, 0.6) is 5.75 Å². The van der Waals surface area contributed by atoms with Crippen LogP contribution in [-0.2, 0) is 4.74 Å². The van der Waals surface area contributed by atoms with Gasteiger partial charge in [-0.2, -0.15) is 0 Å². The minimum Gasteiger partial charge on any atom is -0.496 e. The summed E-state index contributed by atoms with van der Waals surface area (Å²) in [5.74, 6) is 0.509. The van der Waals surface area contributed by atoms with Gasteiger partial charge in [-0.05, 0) is 50.8 Å². The molecule has 0 amide bonds. The van der Waals surface area contributed by atoms with Crippen molar-refractivity contribution in [1.29, 1.82) is 0 Å². The molecule has 1 unspecified atom stereocenters. The first-order chi connectivity index (χ1) is 9.63. The molecule has 0 spiro atoms. The first-order valence-electron chi connectivity index (χ1n) is 7.26. The van der Waals surface area contributed by atoms with Crippen molar-refractivity contribution >= 4 is 0 Å². The topological polar surface area (TPSA) is 30.5 Å². The van der Waals surface area contributed by atoms with Crippen molar-refractivity contribution in [1.82, 2.24) is 5.32 Å². The molecule has 1 fully saturated rings. The lowest BCUT2D eigenvalue weighted by Crippen LogP contribution is -2.36. The Morgan fingerprint density at radius 3 is 2.50 bits per heavy atom. The van der Waals surface area contributed by atoms with Gasteiger partial charge in [0.25, 0.3) is 0 Å². The van der Waals surface area contributed by atoms with E-state index in [1.807, 2.05) is 0 Å². The Hall–Kier alpha value is -1.13. The van der Waals surface area contributed by atoms with Gasteiger partial charge in [-0.1, -0.05) is 0 Å². The highest BCUT2D eigenvalue weighted by Gasteiger charge is 2.23. The second-order valence-electron chi connectivity index (χ2n) is 5.48. The lowest BCUT2D eigenvalue weighted by Gasteiger charge is -2.31. The highest BCUT2D eigenvalue weighted by molar-refractivity contribution is 5.36.